The summed E-state index contributed by atoms with van der Waals surface area (Å²) in [6.07, 6.45) is -0.433. The fraction of sp³-hybridized carbons (Fsp3) is 0.0426. The molecule has 1 aliphatic rings. The highest BCUT2D eigenvalue weighted by Gasteiger charge is 2.27. The standard InChI is InChI=1S/C47H33N3O/c1-3-13-30(14-4-1)32-25-26-42-41(28-32)44-37(23-12-24-43(44)51-42)33-18-11-19-35(27-33)46-48-45(31-15-5-2-6-16-31)49-47(50-46)40-29-34-17-7-8-20-36(34)38-21-9-10-22-39(38)40/h1-29,45-46,48H,(H,49,50). The van der Waals surface area contributed by atoms with Gasteiger partial charge in [-0.15, -0.1) is 0 Å². The van der Waals surface area contributed by atoms with Gasteiger partial charge in [0.1, 0.15) is 29.3 Å². The fourth-order valence-electron chi connectivity index (χ4n) is 7.69. The molecule has 0 amide bonds. The van der Waals surface area contributed by atoms with Crippen molar-refractivity contribution < 1.29 is 4.42 Å². The van der Waals surface area contributed by atoms with E-state index in [1.807, 2.05) is 0 Å². The molecule has 4 nitrogen and oxygen atoms in total. The van der Waals surface area contributed by atoms with Crippen molar-refractivity contribution in [3.63, 3.8) is 0 Å². The maximum absolute atomic E-state index is 6.40. The Kier molecular flexibility index (Phi) is 7.00. The van der Waals surface area contributed by atoms with Crippen LogP contribution in [0.1, 0.15) is 29.0 Å². The quantitative estimate of drug-likeness (QED) is 0.181. The van der Waals surface area contributed by atoms with Gasteiger partial charge in [-0.25, -0.2) is 4.99 Å². The highest BCUT2D eigenvalue weighted by molar-refractivity contribution is 6.18. The van der Waals surface area contributed by atoms with Crippen LogP contribution < -0.4 is 10.6 Å². The minimum Gasteiger partial charge on any atom is -0.456 e. The smallest absolute Gasteiger partial charge is 0.136 e. The molecule has 4 heteroatoms. The molecule has 1 aliphatic heterocycles. The minimum atomic E-state index is -0.237. The van der Waals surface area contributed by atoms with E-state index in [2.05, 4.69) is 187 Å². The van der Waals surface area contributed by atoms with Crippen molar-refractivity contribution in [2.24, 2.45) is 4.99 Å². The van der Waals surface area contributed by atoms with Crippen molar-refractivity contribution in [2.75, 3.05) is 0 Å². The fourth-order valence-corrected chi connectivity index (χ4v) is 7.69. The number of nitrogens with one attached hydrogen (secondary N) is 2. The van der Waals surface area contributed by atoms with Crippen LogP contribution in [0, 0.1) is 0 Å². The lowest BCUT2D eigenvalue weighted by molar-refractivity contribution is 0.409. The highest BCUT2D eigenvalue weighted by Crippen LogP contribution is 2.39. The normalized spacial score (nSPS) is 16.0. The van der Waals surface area contributed by atoms with E-state index in [9.17, 15) is 0 Å². The van der Waals surface area contributed by atoms with E-state index in [4.69, 9.17) is 9.41 Å². The minimum absolute atomic E-state index is 0.196. The summed E-state index contributed by atoms with van der Waals surface area (Å²) in [5.74, 6) is 0.872. The lowest BCUT2D eigenvalue weighted by atomic mass is 9.95. The number of hydrogen-bond donors (Lipinski definition) is 2. The van der Waals surface area contributed by atoms with Crippen LogP contribution in [0.4, 0.5) is 0 Å². The van der Waals surface area contributed by atoms with Crippen LogP contribution in [0.25, 0.3) is 65.7 Å². The van der Waals surface area contributed by atoms with Crippen LogP contribution in [0.3, 0.4) is 0 Å². The molecule has 0 saturated heterocycles. The largest absolute Gasteiger partial charge is 0.456 e. The molecule has 0 bridgehead atoms. The van der Waals surface area contributed by atoms with Gasteiger partial charge in [0.25, 0.3) is 0 Å². The molecule has 0 radical (unpaired) electrons. The number of nitrogens with zero attached hydrogens (tertiary/aromatic N) is 1. The molecule has 0 saturated carbocycles. The lowest BCUT2D eigenvalue weighted by Gasteiger charge is -2.33. The second-order valence-electron chi connectivity index (χ2n) is 13.2. The second-order valence-corrected chi connectivity index (χ2v) is 13.2. The number of fused-ring (bicyclic) bond motifs is 6. The molecule has 2 heterocycles. The van der Waals surface area contributed by atoms with Crippen LogP contribution >= 0.6 is 0 Å². The molecular formula is C47H33N3O. The van der Waals surface area contributed by atoms with Gasteiger partial charge in [-0.05, 0) is 85.3 Å². The average Bonchev–Trinajstić information content (AvgIpc) is 3.59. The first-order chi connectivity index (χ1) is 25.3. The van der Waals surface area contributed by atoms with Gasteiger partial charge in [-0.1, -0.05) is 146 Å². The van der Waals surface area contributed by atoms with Crippen molar-refractivity contribution >= 4 is 49.3 Å². The van der Waals surface area contributed by atoms with E-state index in [-0.39, 0.29) is 12.3 Å². The van der Waals surface area contributed by atoms with Gasteiger partial charge in [0.05, 0.1) is 0 Å². The number of furan rings is 1. The zero-order valence-corrected chi connectivity index (χ0v) is 27.8. The summed E-state index contributed by atoms with van der Waals surface area (Å²) in [6.45, 7) is 0. The van der Waals surface area contributed by atoms with E-state index >= 15 is 0 Å². The van der Waals surface area contributed by atoms with E-state index in [0.717, 1.165) is 55.6 Å². The number of rotatable bonds is 5. The Morgan fingerprint density at radius 1 is 0.451 bits per heavy atom. The van der Waals surface area contributed by atoms with E-state index in [1.165, 1.54) is 32.7 Å². The summed E-state index contributed by atoms with van der Waals surface area (Å²) >= 11 is 0. The zero-order chi connectivity index (χ0) is 33.7. The molecule has 0 spiro atoms. The van der Waals surface area contributed by atoms with Crippen LogP contribution in [-0.2, 0) is 0 Å². The van der Waals surface area contributed by atoms with Crippen LogP contribution in [0.5, 0.6) is 0 Å². The third-order valence-electron chi connectivity index (χ3n) is 10.1. The summed E-state index contributed by atoms with van der Waals surface area (Å²) in [6, 6.07) is 62.2. The van der Waals surface area contributed by atoms with Crippen molar-refractivity contribution in [1.29, 1.82) is 0 Å². The summed E-state index contributed by atoms with van der Waals surface area (Å²) in [5.41, 5.74) is 9.74. The molecule has 2 N–H and O–H groups in total. The highest BCUT2D eigenvalue weighted by atomic mass is 16.3. The molecule has 8 aromatic carbocycles. The van der Waals surface area contributed by atoms with Gasteiger partial charge < -0.3 is 9.73 Å². The molecule has 2 atom stereocenters. The SMILES string of the molecule is c1ccc(-c2ccc3oc4cccc(-c5cccc(C6NC(c7cc8ccccc8c8ccccc78)=NC(c7ccccc7)N6)c5)c4c3c2)cc1. The first kappa shape index (κ1) is 29.4. The van der Waals surface area contributed by atoms with Gasteiger partial charge in [-0.2, -0.15) is 0 Å². The van der Waals surface area contributed by atoms with Gasteiger partial charge in [0.2, 0.25) is 0 Å². The Balaban J connectivity index is 1.10. The third-order valence-corrected chi connectivity index (χ3v) is 10.1. The summed E-state index contributed by atoms with van der Waals surface area (Å²) in [5, 5.41) is 14.7. The van der Waals surface area contributed by atoms with E-state index < -0.39 is 0 Å². The van der Waals surface area contributed by atoms with E-state index in [1.54, 1.807) is 0 Å². The van der Waals surface area contributed by atoms with Crippen molar-refractivity contribution in [1.82, 2.24) is 10.6 Å². The number of aliphatic imine (C=N–C) groups is 1. The second kappa shape index (κ2) is 12.1. The van der Waals surface area contributed by atoms with Crippen LogP contribution in [0.2, 0.25) is 0 Å². The third kappa shape index (κ3) is 5.16. The molecule has 51 heavy (non-hydrogen) atoms. The van der Waals surface area contributed by atoms with Crippen molar-refractivity contribution in [3.05, 3.63) is 193 Å². The van der Waals surface area contributed by atoms with Gasteiger partial charge in [0, 0.05) is 16.3 Å². The molecule has 1 aromatic heterocycles. The first-order valence-corrected chi connectivity index (χ1v) is 17.4. The summed E-state index contributed by atoms with van der Waals surface area (Å²) in [7, 11) is 0. The summed E-state index contributed by atoms with van der Waals surface area (Å²) < 4.78 is 6.40. The Morgan fingerprint density at radius 2 is 1.16 bits per heavy atom. The molecular weight excluding hydrogens is 623 g/mol. The number of benzene rings is 8. The van der Waals surface area contributed by atoms with Crippen LogP contribution in [-0.4, -0.2) is 5.84 Å². The Labute approximate surface area is 295 Å². The van der Waals surface area contributed by atoms with Gasteiger partial charge in [-0.3, -0.25) is 5.32 Å². The van der Waals surface area contributed by atoms with Crippen molar-refractivity contribution in [3.8, 4) is 22.3 Å². The number of hydrogen-bond acceptors (Lipinski definition) is 4. The lowest BCUT2D eigenvalue weighted by Crippen LogP contribution is -2.45. The van der Waals surface area contributed by atoms with Gasteiger partial charge in [0.15, 0.2) is 0 Å². The average molecular weight is 656 g/mol. The molecule has 2 unspecified atom stereocenters. The molecule has 0 aliphatic carbocycles. The predicted octanol–water partition coefficient (Wildman–Crippen LogP) is 11.6. The maximum Gasteiger partial charge on any atom is 0.136 e. The van der Waals surface area contributed by atoms with Crippen LogP contribution in [0.15, 0.2) is 185 Å². The monoisotopic (exact) mass is 655 g/mol. The van der Waals surface area contributed by atoms with E-state index in [0.29, 0.717) is 0 Å². The van der Waals surface area contributed by atoms with Gasteiger partial charge >= 0.3 is 0 Å². The summed E-state index contributed by atoms with van der Waals surface area (Å²) in [4.78, 5) is 5.32. The topological polar surface area (TPSA) is 49.6 Å². The van der Waals surface area contributed by atoms with Crippen molar-refractivity contribution in [2.45, 2.75) is 12.3 Å². The Hall–Kier alpha value is -6.49. The first-order valence-electron chi connectivity index (χ1n) is 17.4. The Bertz CT molecular complexity index is 2770. The molecule has 0 fully saturated rings. The Morgan fingerprint density at radius 3 is 2.02 bits per heavy atom. The molecule has 9 aromatic rings. The number of amidine groups is 1. The molecule has 242 valence electrons. The maximum atomic E-state index is 6.40. The molecule has 10 rings (SSSR count). The zero-order valence-electron chi connectivity index (χ0n) is 27.8. The predicted molar refractivity (Wildman–Crippen MR) is 211 cm³/mol.